The average Bonchev–Trinajstić information content (AvgIpc) is 2.09. The topological polar surface area (TPSA) is 44.5 Å². The molecule has 14 heavy (non-hydrogen) atoms. The number of rotatable bonds is 4. The Morgan fingerprint density at radius 1 is 1.21 bits per heavy atom. The van der Waals surface area contributed by atoms with Crippen molar-refractivity contribution in [1.29, 1.82) is 0 Å². The summed E-state index contributed by atoms with van der Waals surface area (Å²) in [5, 5.41) is 0.817. The van der Waals surface area contributed by atoms with E-state index in [9.17, 15) is 0 Å². The third-order valence-corrected chi connectivity index (χ3v) is 2.12. The zero-order valence-electron chi connectivity index (χ0n) is 7.72. The lowest BCUT2D eigenvalue weighted by molar-refractivity contribution is 0.146. The van der Waals surface area contributed by atoms with Gasteiger partial charge in [-0.25, -0.2) is 0 Å². The first-order valence-corrected chi connectivity index (χ1v) is 4.77. The summed E-state index contributed by atoms with van der Waals surface area (Å²) in [7, 11) is 1.59. The van der Waals surface area contributed by atoms with Crippen LogP contribution < -0.4 is 10.5 Å². The minimum absolute atomic E-state index is 0.403. The molecule has 0 saturated heterocycles. The largest absolute Gasteiger partial charge is 0.488 e. The number of halogens is 2. The Bertz CT molecular complexity index is 295. The molecule has 0 aliphatic rings. The van der Waals surface area contributed by atoms with Crippen molar-refractivity contribution < 1.29 is 9.47 Å². The Morgan fingerprint density at radius 2 is 1.79 bits per heavy atom. The second-order valence-corrected chi connectivity index (χ2v) is 3.47. The number of ether oxygens (including phenoxy) is 2. The van der Waals surface area contributed by atoms with E-state index < -0.39 is 0 Å². The van der Waals surface area contributed by atoms with Crippen LogP contribution in [-0.4, -0.2) is 20.3 Å². The molecule has 0 aromatic heterocycles. The van der Waals surface area contributed by atoms with Crippen molar-refractivity contribution in [3.63, 3.8) is 0 Å². The molecule has 5 heteroatoms. The molecule has 0 heterocycles. The van der Waals surface area contributed by atoms with Gasteiger partial charge in [0, 0.05) is 12.8 Å². The standard InChI is InChI=1S/C9H11Cl2NO2/c1-13-2-3-14-9-7(10)4-6(12)5-8(9)11/h4-5H,2-3,12H2,1H3. The maximum absolute atomic E-state index is 5.88. The number of nitrogen functional groups attached to an aromatic ring is 1. The van der Waals surface area contributed by atoms with Crippen molar-refractivity contribution in [2.45, 2.75) is 0 Å². The fraction of sp³-hybridized carbons (Fsp3) is 0.333. The predicted molar refractivity (Wildman–Crippen MR) is 58.2 cm³/mol. The molecule has 0 aliphatic heterocycles. The van der Waals surface area contributed by atoms with Gasteiger partial charge >= 0.3 is 0 Å². The van der Waals surface area contributed by atoms with Crippen molar-refractivity contribution in [3.8, 4) is 5.75 Å². The van der Waals surface area contributed by atoms with Gasteiger partial charge in [0.15, 0.2) is 5.75 Å². The van der Waals surface area contributed by atoms with Gasteiger partial charge in [-0.15, -0.1) is 0 Å². The maximum atomic E-state index is 5.88. The van der Waals surface area contributed by atoms with Gasteiger partial charge in [-0.05, 0) is 12.1 Å². The van der Waals surface area contributed by atoms with Crippen LogP contribution in [0.25, 0.3) is 0 Å². The van der Waals surface area contributed by atoms with Crippen LogP contribution in [-0.2, 0) is 4.74 Å². The molecule has 2 N–H and O–H groups in total. The summed E-state index contributed by atoms with van der Waals surface area (Å²) in [5.41, 5.74) is 6.05. The lowest BCUT2D eigenvalue weighted by Crippen LogP contribution is -2.05. The lowest BCUT2D eigenvalue weighted by Gasteiger charge is -2.09. The fourth-order valence-corrected chi connectivity index (χ4v) is 1.56. The number of nitrogens with two attached hydrogens (primary N) is 1. The first kappa shape index (κ1) is 11.4. The Balaban J connectivity index is 2.75. The molecule has 0 saturated carbocycles. The third-order valence-electron chi connectivity index (χ3n) is 1.55. The van der Waals surface area contributed by atoms with Gasteiger partial charge in [0.1, 0.15) is 6.61 Å². The van der Waals surface area contributed by atoms with Crippen LogP contribution in [0.5, 0.6) is 5.75 Å². The Hall–Kier alpha value is -0.640. The number of anilines is 1. The van der Waals surface area contributed by atoms with E-state index >= 15 is 0 Å². The van der Waals surface area contributed by atoms with Gasteiger partial charge in [-0.1, -0.05) is 23.2 Å². The second-order valence-electron chi connectivity index (χ2n) is 2.65. The molecule has 78 valence electrons. The molecule has 0 atom stereocenters. The predicted octanol–water partition coefficient (Wildman–Crippen LogP) is 2.60. The maximum Gasteiger partial charge on any atom is 0.156 e. The highest BCUT2D eigenvalue weighted by Crippen LogP contribution is 2.34. The first-order chi connectivity index (χ1) is 6.65. The van der Waals surface area contributed by atoms with Crippen LogP contribution in [0.1, 0.15) is 0 Å². The first-order valence-electron chi connectivity index (χ1n) is 4.01. The second kappa shape index (κ2) is 5.29. The molecule has 3 nitrogen and oxygen atoms in total. The van der Waals surface area contributed by atoms with Crippen molar-refractivity contribution in [2.75, 3.05) is 26.1 Å². The normalized spacial score (nSPS) is 10.2. The number of hydrogen-bond acceptors (Lipinski definition) is 3. The SMILES string of the molecule is COCCOc1c(Cl)cc(N)cc1Cl. The molecule has 0 radical (unpaired) electrons. The van der Waals surface area contributed by atoms with E-state index in [4.69, 9.17) is 38.4 Å². The zero-order valence-corrected chi connectivity index (χ0v) is 9.23. The molecular weight excluding hydrogens is 225 g/mol. The van der Waals surface area contributed by atoms with E-state index in [-0.39, 0.29) is 0 Å². The summed E-state index contributed by atoms with van der Waals surface area (Å²) in [6.07, 6.45) is 0. The van der Waals surface area contributed by atoms with Crippen LogP contribution in [0.4, 0.5) is 5.69 Å². The molecule has 1 aromatic carbocycles. The minimum atomic E-state index is 0.403. The molecule has 0 fully saturated rings. The van der Waals surface area contributed by atoms with Gasteiger partial charge in [0.25, 0.3) is 0 Å². The molecule has 1 rings (SSSR count). The molecular formula is C9H11Cl2NO2. The number of benzene rings is 1. The number of hydrogen-bond donors (Lipinski definition) is 1. The summed E-state index contributed by atoms with van der Waals surface area (Å²) in [5.74, 6) is 0.444. The monoisotopic (exact) mass is 235 g/mol. The lowest BCUT2D eigenvalue weighted by atomic mass is 10.3. The van der Waals surface area contributed by atoms with E-state index in [1.807, 2.05) is 0 Å². The van der Waals surface area contributed by atoms with Gasteiger partial charge in [-0.3, -0.25) is 0 Å². The van der Waals surface area contributed by atoms with Gasteiger partial charge < -0.3 is 15.2 Å². The molecule has 0 bridgehead atoms. The smallest absolute Gasteiger partial charge is 0.156 e. The van der Waals surface area contributed by atoms with Crippen LogP contribution in [0.3, 0.4) is 0 Å². The van der Waals surface area contributed by atoms with Crippen molar-refractivity contribution >= 4 is 28.9 Å². The van der Waals surface area contributed by atoms with Gasteiger partial charge in [0.2, 0.25) is 0 Å². The van der Waals surface area contributed by atoms with Crippen LogP contribution >= 0.6 is 23.2 Å². The van der Waals surface area contributed by atoms with Gasteiger partial charge in [0.05, 0.1) is 16.7 Å². The molecule has 0 amide bonds. The fourth-order valence-electron chi connectivity index (χ4n) is 0.944. The minimum Gasteiger partial charge on any atom is -0.488 e. The molecule has 0 spiro atoms. The highest BCUT2D eigenvalue weighted by molar-refractivity contribution is 6.37. The Labute approximate surface area is 92.7 Å². The Kier molecular flexibility index (Phi) is 4.32. The van der Waals surface area contributed by atoms with E-state index in [2.05, 4.69) is 0 Å². The summed E-state index contributed by atoms with van der Waals surface area (Å²) >= 11 is 11.8. The van der Waals surface area contributed by atoms with Crippen molar-refractivity contribution in [2.24, 2.45) is 0 Å². The zero-order chi connectivity index (χ0) is 10.6. The summed E-state index contributed by atoms with van der Waals surface area (Å²) < 4.78 is 10.1. The molecule has 1 aromatic rings. The van der Waals surface area contributed by atoms with Crippen molar-refractivity contribution in [3.05, 3.63) is 22.2 Å². The van der Waals surface area contributed by atoms with Crippen LogP contribution in [0, 0.1) is 0 Å². The molecule has 0 aliphatic carbocycles. The average molecular weight is 236 g/mol. The molecule has 0 unspecified atom stereocenters. The van der Waals surface area contributed by atoms with E-state index in [0.29, 0.717) is 34.7 Å². The van der Waals surface area contributed by atoms with E-state index in [0.717, 1.165) is 0 Å². The Morgan fingerprint density at radius 3 is 2.29 bits per heavy atom. The van der Waals surface area contributed by atoms with E-state index in [1.54, 1.807) is 19.2 Å². The summed E-state index contributed by atoms with van der Waals surface area (Å²) in [4.78, 5) is 0. The van der Waals surface area contributed by atoms with Crippen molar-refractivity contribution in [1.82, 2.24) is 0 Å². The third kappa shape index (κ3) is 2.94. The van der Waals surface area contributed by atoms with E-state index in [1.165, 1.54) is 0 Å². The quantitative estimate of drug-likeness (QED) is 0.645. The highest BCUT2D eigenvalue weighted by Gasteiger charge is 2.08. The number of methoxy groups -OCH3 is 1. The highest BCUT2D eigenvalue weighted by atomic mass is 35.5. The van der Waals surface area contributed by atoms with Crippen LogP contribution in [0.2, 0.25) is 10.0 Å². The van der Waals surface area contributed by atoms with Gasteiger partial charge in [-0.2, -0.15) is 0 Å². The van der Waals surface area contributed by atoms with Crippen LogP contribution in [0.15, 0.2) is 12.1 Å². The summed E-state index contributed by atoms with van der Waals surface area (Å²) in [6, 6.07) is 3.19. The summed E-state index contributed by atoms with van der Waals surface area (Å²) in [6.45, 7) is 0.886.